The van der Waals surface area contributed by atoms with Crippen LogP contribution >= 0.6 is 7.60 Å². The molecule has 1 aliphatic rings. The van der Waals surface area contributed by atoms with Crippen LogP contribution in [0.2, 0.25) is 0 Å². The van der Waals surface area contributed by atoms with Crippen LogP contribution in [-0.2, 0) is 14.0 Å². The standard InChI is InChI=1S/C7H14O6P.U/c1-12-6-4-13-5(7(6)8)2-3-14(9,10)11;/h4-8H,2-3H2,1H3,(H2,9,10,11);/q-1;/p-2/t5-,6-,7?;/m1./s1. The Kier molecular flexibility index (Phi) is 7.21. The molecule has 0 aromatic rings. The SMILES string of the molecule is CO[C@@H]1[CH-]O[C@H](CCP(=O)([O-])[O-])C1O.[U]. The van der Waals surface area contributed by atoms with Gasteiger partial charge in [0.05, 0.1) is 12.2 Å². The monoisotopic (exact) mass is 461 g/mol. The second kappa shape index (κ2) is 6.73. The van der Waals surface area contributed by atoms with Crippen LogP contribution in [0.1, 0.15) is 6.42 Å². The van der Waals surface area contributed by atoms with Crippen molar-refractivity contribution in [2.75, 3.05) is 13.3 Å². The minimum absolute atomic E-state index is 0. The molecular formula is C7H12O6PU-3. The van der Waals surface area contributed by atoms with Crippen LogP contribution in [0, 0.1) is 37.7 Å². The summed E-state index contributed by atoms with van der Waals surface area (Å²) in [7, 11) is -3.11. The molecule has 3 atom stereocenters. The molecule has 1 N–H and O–H groups in total. The van der Waals surface area contributed by atoms with Crippen molar-refractivity contribution in [3.05, 3.63) is 6.61 Å². The van der Waals surface area contributed by atoms with Gasteiger partial charge in [0.15, 0.2) is 0 Å². The number of aliphatic hydroxyl groups is 1. The van der Waals surface area contributed by atoms with Crippen molar-refractivity contribution in [2.24, 2.45) is 0 Å². The number of methoxy groups -OCH3 is 1. The molecule has 0 saturated carbocycles. The van der Waals surface area contributed by atoms with Crippen molar-refractivity contribution >= 4 is 7.60 Å². The molecule has 0 aromatic carbocycles. The molecule has 1 rings (SSSR count). The molecule has 0 bridgehead atoms. The van der Waals surface area contributed by atoms with Crippen molar-refractivity contribution in [2.45, 2.75) is 24.7 Å². The third-order valence-corrected chi connectivity index (χ3v) is 2.87. The molecule has 1 aliphatic heterocycles. The number of hydrogen-bond donors (Lipinski definition) is 1. The van der Waals surface area contributed by atoms with E-state index in [1.54, 1.807) is 0 Å². The van der Waals surface area contributed by atoms with Gasteiger partial charge in [0.2, 0.25) is 0 Å². The van der Waals surface area contributed by atoms with Gasteiger partial charge in [0, 0.05) is 38.2 Å². The van der Waals surface area contributed by atoms with E-state index in [-0.39, 0.29) is 37.5 Å². The topological polar surface area (TPSA) is 102 Å². The Morgan fingerprint density at radius 3 is 2.60 bits per heavy atom. The first kappa shape index (κ1) is 16.1. The Balaban J connectivity index is 0.00000196. The Labute approximate surface area is 112 Å². The molecule has 88 valence electrons. The van der Waals surface area contributed by atoms with Gasteiger partial charge in [-0.15, -0.1) is 0 Å². The fourth-order valence-corrected chi connectivity index (χ4v) is 1.84. The average Bonchev–Trinajstić information content (AvgIpc) is 2.42. The minimum Gasteiger partial charge on any atom is -0.811 e. The predicted molar refractivity (Wildman–Crippen MR) is 43.1 cm³/mol. The first-order valence-corrected chi connectivity index (χ1v) is 5.87. The Morgan fingerprint density at radius 2 is 2.20 bits per heavy atom. The average molecular weight is 461 g/mol. The quantitative estimate of drug-likeness (QED) is 0.393. The van der Waals surface area contributed by atoms with Crippen LogP contribution in [0.5, 0.6) is 0 Å². The van der Waals surface area contributed by atoms with Gasteiger partial charge in [-0.05, 0) is 18.7 Å². The van der Waals surface area contributed by atoms with Gasteiger partial charge in [0.1, 0.15) is 0 Å². The van der Waals surface area contributed by atoms with E-state index in [1.807, 2.05) is 0 Å². The van der Waals surface area contributed by atoms with E-state index >= 15 is 0 Å². The summed E-state index contributed by atoms with van der Waals surface area (Å²) in [5, 5.41) is 9.47. The summed E-state index contributed by atoms with van der Waals surface area (Å²) in [4.78, 5) is 20.7. The summed E-state index contributed by atoms with van der Waals surface area (Å²) in [5.74, 6) is 0. The molecule has 1 unspecified atom stereocenters. The molecule has 0 radical (unpaired) electrons. The maximum atomic E-state index is 10.3. The molecule has 1 heterocycles. The van der Waals surface area contributed by atoms with Crippen LogP contribution in [-0.4, -0.2) is 36.7 Å². The van der Waals surface area contributed by atoms with Crippen molar-refractivity contribution in [3.8, 4) is 0 Å². The Bertz CT molecular complexity index is 232. The number of ether oxygens (including phenoxy) is 2. The molecule has 6 nitrogen and oxygen atoms in total. The van der Waals surface area contributed by atoms with Crippen LogP contribution in [0.15, 0.2) is 0 Å². The molecule has 0 aliphatic carbocycles. The van der Waals surface area contributed by atoms with E-state index in [0.717, 1.165) is 0 Å². The van der Waals surface area contributed by atoms with Gasteiger partial charge in [-0.2, -0.15) is 6.61 Å². The van der Waals surface area contributed by atoms with Crippen LogP contribution in [0.25, 0.3) is 0 Å². The van der Waals surface area contributed by atoms with Crippen molar-refractivity contribution in [1.29, 1.82) is 0 Å². The summed E-state index contributed by atoms with van der Waals surface area (Å²) in [6.45, 7) is 1.30. The van der Waals surface area contributed by atoms with E-state index in [1.165, 1.54) is 13.7 Å². The zero-order valence-corrected chi connectivity index (χ0v) is 13.2. The fraction of sp³-hybridized carbons (Fsp3) is 0.857. The maximum Gasteiger partial charge on any atom is 0.0774 e. The summed E-state index contributed by atoms with van der Waals surface area (Å²) in [6, 6.07) is 0. The molecule has 15 heavy (non-hydrogen) atoms. The van der Waals surface area contributed by atoms with Crippen LogP contribution in [0.4, 0.5) is 0 Å². The Hall–Kier alpha value is 1.08. The second-order valence-corrected chi connectivity index (χ2v) is 4.79. The van der Waals surface area contributed by atoms with Gasteiger partial charge < -0.3 is 28.9 Å². The first-order valence-electron chi connectivity index (χ1n) is 4.15. The molecule has 1 saturated heterocycles. The van der Waals surface area contributed by atoms with E-state index in [9.17, 15) is 19.5 Å². The van der Waals surface area contributed by atoms with Gasteiger partial charge in [-0.25, -0.2) is 0 Å². The molecule has 0 aromatic heterocycles. The summed E-state index contributed by atoms with van der Waals surface area (Å²) >= 11 is 0. The van der Waals surface area contributed by atoms with E-state index < -0.39 is 32.1 Å². The van der Waals surface area contributed by atoms with Gasteiger partial charge in [-0.1, -0.05) is 7.60 Å². The number of hydrogen-bond acceptors (Lipinski definition) is 6. The van der Waals surface area contributed by atoms with Gasteiger partial charge in [0.25, 0.3) is 0 Å². The van der Waals surface area contributed by atoms with Crippen molar-refractivity contribution in [1.82, 2.24) is 0 Å². The zero-order valence-electron chi connectivity index (χ0n) is 8.16. The largest absolute Gasteiger partial charge is 0.811 e. The number of aliphatic hydroxyl groups excluding tert-OH is 1. The van der Waals surface area contributed by atoms with E-state index in [2.05, 4.69) is 0 Å². The first-order chi connectivity index (χ1) is 6.44. The third-order valence-electron chi connectivity index (χ3n) is 2.06. The Morgan fingerprint density at radius 1 is 1.60 bits per heavy atom. The third kappa shape index (κ3) is 5.29. The molecule has 8 heteroatoms. The molecule has 1 fully saturated rings. The van der Waals surface area contributed by atoms with Gasteiger partial charge in [-0.3, -0.25) is 0 Å². The smallest absolute Gasteiger partial charge is 0.0774 e. The van der Waals surface area contributed by atoms with E-state index in [4.69, 9.17) is 9.47 Å². The van der Waals surface area contributed by atoms with Crippen molar-refractivity contribution in [3.63, 3.8) is 0 Å². The second-order valence-electron chi connectivity index (χ2n) is 3.12. The van der Waals surface area contributed by atoms with Crippen LogP contribution < -0.4 is 9.79 Å². The molecule has 0 amide bonds. The summed E-state index contributed by atoms with van der Waals surface area (Å²) in [6.07, 6.45) is -2.67. The van der Waals surface area contributed by atoms with Gasteiger partial charge >= 0.3 is 0 Å². The zero-order chi connectivity index (χ0) is 10.8. The molecule has 0 spiro atoms. The predicted octanol–water partition coefficient (Wildman–Crippen LogP) is -1.77. The summed E-state index contributed by atoms with van der Waals surface area (Å²) in [5.41, 5.74) is 0. The summed E-state index contributed by atoms with van der Waals surface area (Å²) < 4.78 is 20.1. The fourth-order valence-electron chi connectivity index (χ4n) is 1.27. The van der Waals surface area contributed by atoms with Crippen molar-refractivity contribution < 1.29 is 60.0 Å². The minimum atomic E-state index is -4.52. The normalized spacial score (nSPS) is 31.3. The van der Waals surface area contributed by atoms with E-state index in [0.29, 0.717) is 0 Å². The molecular weight excluding hydrogens is 449 g/mol. The maximum absolute atomic E-state index is 10.3. The van der Waals surface area contributed by atoms with Crippen LogP contribution in [0.3, 0.4) is 0 Å². The number of rotatable bonds is 4.